The van der Waals surface area contributed by atoms with Gasteiger partial charge in [0.1, 0.15) is 11.9 Å². The van der Waals surface area contributed by atoms with Gasteiger partial charge in [-0.1, -0.05) is 0 Å². The Morgan fingerprint density at radius 1 is 1.28 bits per heavy atom. The van der Waals surface area contributed by atoms with E-state index in [-0.39, 0.29) is 5.79 Å². The number of β-amino-alcohol motifs (C(OH)–C–C–N with tert-alkyl or cyclic N) is 1. The average Bonchev–Trinajstić information content (AvgIpc) is 3.04. The number of piperidine rings is 1. The Morgan fingerprint density at radius 3 is 2.61 bits per heavy atom. The van der Waals surface area contributed by atoms with E-state index in [0.29, 0.717) is 25.5 Å². The summed E-state index contributed by atoms with van der Waals surface area (Å²) in [6.45, 7) is 3.78. The molecular formula is C13H19NO4. The van der Waals surface area contributed by atoms with Crippen LogP contribution in [-0.2, 0) is 9.47 Å². The zero-order valence-electron chi connectivity index (χ0n) is 10.4. The van der Waals surface area contributed by atoms with Gasteiger partial charge in [-0.3, -0.25) is 4.90 Å². The Kier molecular flexibility index (Phi) is 3.39. The van der Waals surface area contributed by atoms with Crippen molar-refractivity contribution < 1.29 is 19.0 Å². The summed E-state index contributed by atoms with van der Waals surface area (Å²) in [5.41, 5.74) is 0. The van der Waals surface area contributed by atoms with Crippen LogP contribution < -0.4 is 0 Å². The van der Waals surface area contributed by atoms with E-state index in [9.17, 15) is 5.11 Å². The highest BCUT2D eigenvalue weighted by Gasteiger charge is 2.39. The van der Waals surface area contributed by atoms with Crippen LogP contribution in [0.3, 0.4) is 0 Å². The largest absolute Gasteiger partial charge is 0.467 e. The summed E-state index contributed by atoms with van der Waals surface area (Å²) in [5.74, 6) is 0.287. The van der Waals surface area contributed by atoms with Crippen LogP contribution in [0.5, 0.6) is 0 Å². The lowest BCUT2D eigenvalue weighted by Gasteiger charge is -2.38. The maximum Gasteiger partial charge on any atom is 0.170 e. The monoisotopic (exact) mass is 253 g/mol. The number of furan rings is 1. The minimum absolute atomic E-state index is 0.341. The van der Waals surface area contributed by atoms with E-state index in [4.69, 9.17) is 13.9 Å². The van der Waals surface area contributed by atoms with Crippen molar-refractivity contribution in [2.75, 3.05) is 32.8 Å². The molecule has 1 aromatic heterocycles. The lowest BCUT2D eigenvalue weighted by molar-refractivity contribution is -0.186. The average molecular weight is 253 g/mol. The second-order valence-electron chi connectivity index (χ2n) is 4.94. The third kappa shape index (κ3) is 2.44. The molecule has 0 aliphatic carbocycles. The predicted molar refractivity (Wildman–Crippen MR) is 64.0 cm³/mol. The molecule has 1 spiro atoms. The number of nitrogens with zero attached hydrogens (tertiary/aromatic N) is 1. The summed E-state index contributed by atoms with van der Waals surface area (Å²) >= 11 is 0. The Balaban J connectivity index is 1.51. The Morgan fingerprint density at radius 2 is 2.00 bits per heavy atom. The van der Waals surface area contributed by atoms with E-state index in [2.05, 4.69) is 4.90 Å². The van der Waals surface area contributed by atoms with E-state index in [1.165, 1.54) is 0 Å². The molecule has 2 aliphatic rings. The van der Waals surface area contributed by atoms with Crippen molar-refractivity contribution in [3.63, 3.8) is 0 Å². The van der Waals surface area contributed by atoms with Crippen LogP contribution in [0.25, 0.3) is 0 Å². The number of likely N-dealkylation sites (tertiary alicyclic amines) is 1. The van der Waals surface area contributed by atoms with Gasteiger partial charge in [-0.15, -0.1) is 0 Å². The summed E-state index contributed by atoms with van der Waals surface area (Å²) in [5, 5.41) is 10.0. The maximum absolute atomic E-state index is 10.0. The SMILES string of the molecule is OC(CN1CCC2(CC1)OCCO2)c1ccco1. The fourth-order valence-electron chi connectivity index (χ4n) is 2.68. The van der Waals surface area contributed by atoms with Crippen molar-refractivity contribution in [2.24, 2.45) is 0 Å². The Bertz CT molecular complexity index is 362. The van der Waals surface area contributed by atoms with E-state index >= 15 is 0 Å². The number of ether oxygens (including phenoxy) is 2. The molecule has 0 aromatic carbocycles. The second-order valence-corrected chi connectivity index (χ2v) is 4.94. The van der Waals surface area contributed by atoms with Gasteiger partial charge in [-0.05, 0) is 12.1 Å². The van der Waals surface area contributed by atoms with Crippen LogP contribution in [0.15, 0.2) is 22.8 Å². The third-order valence-corrected chi connectivity index (χ3v) is 3.73. The van der Waals surface area contributed by atoms with E-state index in [1.807, 2.05) is 0 Å². The topological polar surface area (TPSA) is 55.1 Å². The van der Waals surface area contributed by atoms with E-state index < -0.39 is 6.10 Å². The molecule has 100 valence electrons. The fourth-order valence-corrected chi connectivity index (χ4v) is 2.68. The maximum atomic E-state index is 10.0. The normalized spacial score (nSPS) is 25.6. The van der Waals surface area contributed by atoms with Gasteiger partial charge in [0.05, 0.1) is 19.5 Å². The minimum Gasteiger partial charge on any atom is -0.467 e. The fraction of sp³-hybridized carbons (Fsp3) is 0.692. The molecule has 18 heavy (non-hydrogen) atoms. The second kappa shape index (κ2) is 5.01. The molecule has 2 fully saturated rings. The standard InChI is InChI=1S/C13H19NO4/c15-11(12-2-1-7-16-12)10-14-5-3-13(4-6-14)17-8-9-18-13/h1-2,7,11,15H,3-6,8-10H2. The van der Waals surface area contributed by atoms with Gasteiger partial charge in [-0.25, -0.2) is 0 Å². The smallest absolute Gasteiger partial charge is 0.170 e. The zero-order valence-corrected chi connectivity index (χ0v) is 10.4. The molecule has 2 saturated heterocycles. The molecule has 3 heterocycles. The molecule has 1 N–H and O–H groups in total. The first-order valence-corrected chi connectivity index (χ1v) is 6.49. The number of hydrogen-bond acceptors (Lipinski definition) is 5. The highest BCUT2D eigenvalue weighted by atomic mass is 16.7. The van der Waals surface area contributed by atoms with Crippen LogP contribution in [0, 0.1) is 0 Å². The minimum atomic E-state index is -0.556. The molecule has 3 rings (SSSR count). The predicted octanol–water partition coefficient (Wildman–Crippen LogP) is 1.15. The molecule has 2 aliphatic heterocycles. The quantitative estimate of drug-likeness (QED) is 0.875. The third-order valence-electron chi connectivity index (χ3n) is 3.73. The van der Waals surface area contributed by atoms with Gasteiger partial charge in [0.25, 0.3) is 0 Å². The van der Waals surface area contributed by atoms with Crippen LogP contribution in [-0.4, -0.2) is 48.6 Å². The lowest BCUT2D eigenvalue weighted by Crippen LogP contribution is -2.46. The van der Waals surface area contributed by atoms with Crippen molar-refractivity contribution >= 4 is 0 Å². The van der Waals surface area contributed by atoms with Crippen molar-refractivity contribution in [3.8, 4) is 0 Å². The Hall–Kier alpha value is -0.880. The van der Waals surface area contributed by atoms with Gasteiger partial charge in [0.15, 0.2) is 5.79 Å². The van der Waals surface area contributed by atoms with Crippen LogP contribution in [0.1, 0.15) is 24.7 Å². The Labute approximate surface area is 106 Å². The van der Waals surface area contributed by atoms with Crippen LogP contribution >= 0.6 is 0 Å². The molecule has 0 bridgehead atoms. The number of hydrogen-bond donors (Lipinski definition) is 1. The summed E-state index contributed by atoms with van der Waals surface area (Å²) in [7, 11) is 0. The molecular weight excluding hydrogens is 234 g/mol. The highest BCUT2D eigenvalue weighted by Crippen LogP contribution is 2.31. The number of aliphatic hydroxyl groups excluding tert-OH is 1. The molecule has 5 nitrogen and oxygen atoms in total. The summed E-state index contributed by atoms with van der Waals surface area (Å²) in [6.07, 6.45) is 2.78. The first-order valence-electron chi connectivity index (χ1n) is 6.49. The van der Waals surface area contributed by atoms with Gasteiger partial charge in [0, 0.05) is 32.5 Å². The van der Waals surface area contributed by atoms with Crippen molar-refractivity contribution in [3.05, 3.63) is 24.2 Å². The molecule has 5 heteroatoms. The lowest BCUT2D eigenvalue weighted by atomic mass is 10.0. The number of rotatable bonds is 3. The van der Waals surface area contributed by atoms with E-state index in [1.54, 1.807) is 18.4 Å². The first kappa shape index (κ1) is 12.2. The van der Waals surface area contributed by atoms with Crippen molar-refractivity contribution in [1.29, 1.82) is 0 Å². The van der Waals surface area contributed by atoms with Gasteiger partial charge >= 0.3 is 0 Å². The van der Waals surface area contributed by atoms with E-state index in [0.717, 1.165) is 25.9 Å². The zero-order chi connectivity index (χ0) is 12.4. The summed E-state index contributed by atoms with van der Waals surface area (Å²) in [4.78, 5) is 2.23. The summed E-state index contributed by atoms with van der Waals surface area (Å²) in [6, 6.07) is 3.60. The van der Waals surface area contributed by atoms with Crippen molar-refractivity contribution in [1.82, 2.24) is 4.90 Å². The molecule has 1 aromatic rings. The summed E-state index contributed by atoms with van der Waals surface area (Å²) < 4.78 is 16.6. The molecule has 0 amide bonds. The molecule has 0 radical (unpaired) electrons. The molecule has 1 unspecified atom stereocenters. The first-order chi connectivity index (χ1) is 8.77. The van der Waals surface area contributed by atoms with Gasteiger partial charge in [-0.2, -0.15) is 0 Å². The van der Waals surface area contributed by atoms with Gasteiger partial charge in [0.2, 0.25) is 0 Å². The highest BCUT2D eigenvalue weighted by molar-refractivity contribution is 5.02. The van der Waals surface area contributed by atoms with Crippen LogP contribution in [0.2, 0.25) is 0 Å². The van der Waals surface area contributed by atoms with Crippen LogP contribution in [0.4, 0.5) is 0 Å². The van der Waals surface area contributed by atoms with Gasteiger partial charge < -0.3 is 19.0 Å². The molecule has 0 saturated carbocycles. The van der Waals surface area contributed by atoms with Crippen molar-refractivity contribution in [2.45, 2.75) is 24.7 Å². The molecule has 1 atom stereocenters. The number of aliphatic hydroxyl groups is 1.